The Labute approximate surface area is 125 Å². The first-order valence-electron chi connectivity index (χ1n) is 7.66. The lowest BCUT2D eigenvalue weighted by atomic mass is 9.97. The average molecular weight is 293 g/mol. The van der Waals surface area contributed by atoms with Crippen LogP contribution in [0.15, 0.2) is 24.3 Å². The minimum Gasteiger partial charge on any atom is -0.322 e. The summed E-state index contributed by atoms with van der Waals surface area (Å²) in [5.74, 6) is 0.163. The van der Waals surface area contributed by atoms with Crippen molar-refractivity contribution in [2.45, 2.75) is 19.8 Å². The van der Waals surface area contributed by atoms with Crippen LogP contribution in [0.5, 0.6) is 0 Å². The van der Waals surface area contributed by atoms with Crippen molar-refractivity contribution in [1.82, 2.24) is 10.2 Å². The summed E-state index contributed by atoms with van der Waals surface area (Å²) in [4.78, 5) is 14.1. The third-order valence-corrected chi connectivity index (χ3v) is 3.91. The highest BCUT2D eigenvalue weighted by atomic mass is 19.1. The molecule has 0 saturated carbocycles. The van der Waals surface area contributed by atoms with E-state index in [4.69, 9.17) is 0 Å². The largest absolute Gasteiger partial charge is 0.322 e. The first-order chi connectivity index (χ1) is 10.2. The molecular weight excluding hydrogens is 269 g/mol. The van der Waals surface area contributed by atoms with Gasteiger partial charge in [0.15, 0.2) is 0 Å². The minimum absolute atomic E-state index is 0.148. The smallest absolute Gasteiger partial charge is 0.238 e. The molecule has 116 valence electrons. The molecule has 0 spiro atoms. The number of para-hydroxylation sites is 1. The van der Waals surface area contributed by atoms with E-state index in [0.717, 1.165) is 39.0 Å². The minimum atomic E-state index is -0.393. The Morgan fingerprint density at radius 3 is 2.71 bits per heavy atom. The van der Waals surface area contributed by atoms with Gasteiger partial charge in [0.2, 0.25) is 5.91 Å². The van der Waals surface area contributed by atoms with Crippen LogP contribution in [-0.4, -0.2) is 43.5 Å². The first-order valence-corrected chi connectivity index (χ1v) is 7.66. The molecule has 5 heteroatoms. The average Bonchev–Trinajstić information content (AvgIpc) is 2.49. The molecule has 1 fully saturated rings. The molecule has 0 bridgehead atoms. The SMILES string of the molecule is CCNCC1CCN(CC(=O)Nc2ccccc2F)CC1. The van der Waals surface area contributed by atoms with E-state index < -0.39 is 5.82 Å². The van der Waals surface area contributed by atoms with Crippen LogP contribution in [0.4, 0.5) is 10.1 Å². The van der Waals surface area contributed by atoms with Crippen molar-refractivity contribution in [2.75, 3.05) is 38.0 Å². The predicted octanol–water partition coefficient (Wildman–Crippen LogP) is 2.09. The van der Waals surface area contributed by atoms with Crippen molar-refractivity contribution in [3.05, 3.63) is 30.1 Å². The molecule has 1 aromatic carbocycles. The van der Waals surface area contributed by atoms with Crippen molar-refractivity contribution in [3.63, 3.8) is 0 Å². The molecule has 2 rings (SSSR count). The summed E-state index contributed by atoms with van der Waals surface area (Å²) in [7, 11) is 0. The monoisotopic (exact) mass is 293 g/mol. The van der Waals surface area contributed by atoms with Gasteiger partial charge in [0.25, 0.3) is 0 Å². The summed E-state index contributed by atoms with van der Waals surface area (Å²) < 4.78 is 13.5. The van der Waals surface area contributed by atoms with Gasteiger partial charge < -0.3 is 10.6 Å². The molecule has 1 aliphatic heterocycles. The zero-order chi connectivity index (χ0) is 15.1. The quantitative estimate of drug-likeness (QED) is 0.844. The molecule has 1 saturated heterocycles. The third-order valence-electron chi connectivity index (χ3n) is 3.91. The highest BCUT2D eigenvalue weighted by molar-refractivity contribution is 5.92. The van der Waals surface area contributed by atoms with E-state index in [0.29, 0.717) is 12.5 Å². The van der Waals surface area contributed by atoms with E-state index in [2.05, 4.69) is 22.5 Å². The van der Waals surface area contributed by atoms with Gasteiger partial charge in [0, 0.05) is 0 Å². The number of benzene rings is 1. The summed E-state index contributed by atoms with van der Waals surface area (Å²) in [5.41, 5.74) is 0.254. The van der Waals surface area contributed by atoms with Crippen LogP contribution >= 0.6 is 0 Å². The second-order valence-corrected chi connectivity index (χ2v) is 5.56. The number of nitrogens with zero attached hydrogens (tertiary/aromatic N) is 1. The van der Waals surface area contributed by atoms with Crippen LogP contribution in [-0.2, 0) is 4.79 Å². The van der Waals surface area contributed by atoms with Gasteiger partial charge >= 0.3 is 0 Å². The molecule has 0 unspecified atom stereocenters. The van der Waals surface area contributed by atoms with E-state index in [1.807, 2.05) is 0 Å². The highest BCUT2D eigenvalue weighted by Gasteiger charge is 2.20. The molecule has 0 aromatic heterocycles. The number of amides is 1. The number of halogens is 1. The molecule has 0 atom stereocenters. The number of carbonyl (C=O) groups is 1. The number of piperidine rings is 1. The van der Waals surface area contributed by atoms with E-state index in [-0.39, 0.29) is 11.6 Å². The molecule has 2 N–H and O–H groups in total. The van der Waals surface area contributed by atoms with Gasteiger partial charge in [-0.25, -0.2) is 4.39 Å². The lowest BCUT2D eigenvalue weighted by Crippen LogP contribution is -2.41. The molecule has 1 aliphatic rings. The number of carbonyl (C=O) groups excluding carboxylic acids is 1. The summed E-state index contributed by atoms with van der Waals surface area (Å²) >= 11 is 0. The zero-order valence-corrected chi connectivity index (χ0v) is 12.6. The Bertz CT molecular complexity index is 459. The van der Waals surface area contributed by atoms with Crippen molar-refractivity contribution in [2.24, 2.45) is 5.92 Å². The third kappa shape index (κ3) is 5.10. The molecular formula is C16H24FN3O. The summed E-state index contributed by atoms with van der Waals surface area (Å²) in [6.45, 7) is 6.38. The standard InChI is InChI=1S/C16H24FN3O/c1-2-18-11-13-7-9-20(10-8-13)12-16(21)19-15-6-4-3-5-14(15)17/h3-6,13,18H,2,7-12H2,1H3,(H,19,21). The van der Waals surface area contributed by atoms with Gasteiger partial charge in [-0.3, -0.25) is 9.69 Å². The van der Waals surface area contributed by atoms with Crippen molar-refractivity contribution >= 4 is 11.6 Å². The number of likely N-dealkylation sites (tertiary alicyclic amines) is 1. The zero-order valence-electron chi connectivity index (χ0n) is 12.6. The fourth-order valence-electron chi connectivity index (χ4n) is 2.65. The van der Waals surface area contributed by atoms with Crippen LogP contribution in [0.1, 0.15) is 19.8 Å². The lowest BCUT2D eigenvalue weighted by Gasteiger charge is -2.31. The fraction of sp³-hybridized carbons (Fsp3) is 0.562. The molecule has 1 aromatic rings. The van der Waals surface area contributed by atoms with Crippen LogP contribution in [0.2, 0.25) is 0 Å². The van der Waals surface area contributed by atoms with Crippen LogP contribution in [0.3, 0.4) is 0 Å². The van der Waals surface area contributed by atoms with Crippen molar-refractivity contribution in [3.8, 4) is 0 Å². The fourth-order valence-corrected chi connectivity index (χ4v) is 2.65. The maximum Gasteiger partial charge on any atom is 0.238 e. The van der Waals surface area contributed by atoms with Gasteiger partial charge in [-0.15, -0.1) is 0 Å². The maximum atomic E-state index is 13.5. The number of nitrogens with one attached hydrogen (secondary N) is 2. The van der Waals surface area contributed by atoms with Gasteiger partial charge in [-0.1, -0.05) is 19.1 Å². The number of rotatable bonds is 6. The van der Waals surface area contributed by atoms with E-state index in [1.165, 1.54) is 6.07 Å². The molecule has 1 heterocycles. The number of hydrogen-bond acceptors (Lipinski definition) is 3. The summed E-state index contributed by atoms with van der Waals surface area (Å²) in [6, 6.07) is 6.25. The number of hydrogen-bond donors (Lipinski definition) is 2. The second kappa shape index (κ2) is 8.10. The normalized spacial score (nSPS) is 16.9. The first kappa shape index (κ1) is 15.9. The second-order valence-electron chi connectivity index (χ2n) is 5.56. The molecule has 0 radical (unpaired) electrons. The van der Waals surface area contributed by atoms with Crippen LogP contribution < -0.4 is 10.6 Å². The van der Waals surface area contributed by atoms with E-state index >= 15 is 0 Å². The van der Waals surface area contributed by atoms with Gasteiger partial charge in [0.05, 0.1) is 12.2 Å². The Morgan fingerprint density at radius 1 is 1.33 bits per heavy atom. The van der Waals surface area contributed by atoms with Crippen LogP contribution in [0.25, 0.3) is 0 Å². The predicted molar refractivity (Wildman–Crippen MR) is 82.7 cm³/mol. The van der Waals surface area contributed by atoms with Crippen molar-refractivity contribution < 1.29 is 9.18 Å². The Morgan fingerprint density at radius 2 is 2.05 bits per heavy atom. The Balaban J connectivity index is 1.73. The van der Waals surface area contributed by atoms with Gasteiger partial charge in [-0.2, -0.15) is 0 Å². The molecule has 0 aliphatic carbocycles. The van der Waals surface area contributed by atoms with E-state index in [9.17, 15) is 9.18 Å². The topological polar surface area (TPSA) is 44.4 Å². The molecule has 21 heavy (non-hydrogen) atoms. The highest BCUT2D eigenvalue weighted by Crippen LogP contribution is 2.17. The Kier molecular flexibility index (Phi) is 6.14. The molecule has 4 nitrogen and oxygen atoms in total. The number of anilines is 1. The lowest BCUT2D eigenvalue weighted by molar-refractivity contribution is -0.117. The summed E-state index contributed by atoms with van der Waals surface area (Å²) in [5, 5.41) is 6.01. The molecule has 1 amide bonds. The van der Waals surface area contributed by atoms with Gasteiger partial charge in [-0.05, 0) is 57.1 Å². The Hall–Kier alpha value is -1.46. The maximum absolute atomic E-state index is 13.5. The summed E-state index contributed by atoms with van der Waals surface area (Å²) in [6.07, 6.45) is 2.22. The van der Waals surface area contributed by atoms with E-state index in [1.54, 1.807) is 18.2 Å². The van der Waals surface area contributed by atoms with Crippen molar-refractivity contribution in [1.29, 1.82) is 0 Å². The van der Waals surface area contributed by atoms with Gasteiger partial charge in [0.1, 0.15) is 5.82 Å². The van der Waals surface area contributed by atoms with Crippen LogP contribution in [0, 0.1) is 11.7 Å².